The number of benzene rings is 1. The number of thiophene rings is 1. The number of nitrogens with one attached hydrogen (secondary N) is 1. The molecule has 0 saturated carbocycles. The van der Waals surface area contributed by atoms with Gasteiger partial charge >= 0.3 is 0 Å². The molecule has 3 rings (SSSR count). The highest BCUT2D eigenvalue weighted by Crippen LogP contribution is 2.37. The van der Waals surface area contributed by atoms with Crippen LogP contribution in [-0.4, -0.2) is 13.0 Å². The van der Waals surface area contributed by atoms with Gasteiger partial charge in [-0.25, -0.2) is 0 Å². The third kappa shape index (κ3) is 2.25. The molecule has 1 aromatic carbocycles. The summed E-state index contributed by atoms with van der Waals surface area (Å²) in [6.45, 7) is 0. The lowest BCUT2D eigenvalue weighted by Crippen LogP contribution is -2.14. The fraction of sp³-hybridized carbons (Fsp3) is 0.267. The topological polar surface area (TPSA) is 64.3 Å². The number of aryl methyl sites for hydroxylation is 1. The van der Waals surface area contributed by atoms with Crippen LogP contribution in [0.1, 0.15) is 27.2 Å². The molecule has 0 unspecified atom stereocenters. The first kappa shape index (κ1) is 13.0. The van der Waals surface area contributed by atoms with Crippen LogP contribution < -0.4 is 15.8 Å². The quantitative estimate of drug-likeness (QED) is 0.912. The van der Waals surface area contributed by atoms with E-state index in [1.165, 1.54) is 4.88 Å². The molecule has 0 aliphatic heterocycles. The van der Waals surface area contributed by atoms with Gasteiger partial charge in [-0.1, -0.05) is 6.07 Å². The number of carbonyl (C=O) groups excluding carboxylic acids is 1. The molecule has 3 N–H and O–H groups in total. The first-order chi connectivity index (χ1) is 9.69. The maximum Gasteiger partial charge on any atom is 0.258 e. The van der Waals surface area contributed by atoms with Crippen molar-refractivity contribution in [2.75, 3.05) is 18.2 Å². The minimum absolute atomic E-state index is 0.129. The van der Waals surface area contributed by atoms with Crippen LogP contribution in [0.25, 0.3) is 0 Å². The molecule has 104 valence electrons. The second kappa shape index (κ2) is 5.17. The normalized spacial score (nSPS) is 13.1. The SMILES string of the molecule is COc1cccc(NC(=O)c2c(N)sc3c2CCC3)c1. The van der Waals surface area contributed by atoms with E-state index >= 15 is 0 Å². The molecule has 0 bridgehead atoms. The van der Waals surface area contributed by atoms with Gasteiger partial charge in [-0.05, 0) is 37.0 Å². The summed E-state index contributed by atoms with van der Waals surface area (Å²) in [5, 5.41) is 3.52. The van der Waals surface area contributed by atoms with Crippen molar-refractivity contribution in [1.82, 2.24) is 0 Å². The van der Waals surface area contributed by atoms with E-state index in [1.807, 2.05) is 18.2 Å². The highest BCUT2D eigenvalue weighted by atomic mass is 32.1. The van der Waals surface area contributed by atoms with Crippen LogP contribution in [0.4, 0.5) is 10.7 Å². The first-order valence-corrected chi connectivity index (χ1v) is 7.36. The molecule has 5 heteroatoms. The molecule has 0 radical (unpaired) electrons. The standard InChI is InChI=1S/C15H16N2O2S/c1-19-10-5-2-4-9(8-10)17-15(18)13-11-6-3-7-12(11)20-14(13)16/h2,4-5,8H,3,6-7,16H2,1H3,(H,17,18). The Labute approximate surface area is 121 Å². The van der Waals surface area contributed by atoms with Gasteiger partial charge < -0.3 is 15.8 Å². The second-order valence-electron chi connectivity index (χ2n) is 4.78. The number of carbonyl (C=O) groups is 1. The minimum Gasteiger partial charge on any atom is -0.497 e. The number of methoxy groups -OCH3 is 1. The molecule has 1 aromatic heterocycles. The summed E-state index contributed by atoms with van der Waals surface area (Å²) >= 11 is 1.54. The van der Waals surface area contributed by atoms with Crippen LogP contribution in [0.15, 0.2) is 24.3 Å². The summed E-state index contributed by atoms with van der Waals surface area (Å²) in [5.41, 5.74) is 8.50. The van der Waals surface area contributed by atoms with Gasteiger partial charge in [-0.15, -0.1) is 11.3 Å². The average molecular weight is 288 g/mol. The molecule has 1 amide bonds. The van der Waals surface area contributed by atoms with Crippen LogP contribution in [0.3, 0.4) is 0 Å². The Morgan fingerprint density at radius 3 is 3.05 bits per heavy atom. The summed E-state index contributed by atoms with van der Waals surface area (Å²) in [4.78, 5) is 13.7. The van der Waals surface area contributed by atoms with Crippen molar-refractivity contribution in [1.29, 1.82) is 0 Å². The van der Waals surface area contributed by atoms with Crippen molar-refractivity contribution in [3.63, 3.8) is 0 Å². The average Bonchev–Trinajstić information content (AvgIpc) is 2.98. The highest BCUT2D eigenvalue weighted by molar-refractivity contribution is 7.16. The molecule has 0 saturated heterocycles. The van der Waals surface area contributed by atoms with Gasteiger partial charge in [0.25, 0.3) is 5.91 Å². The van der Waals surface area contributed by atoms with E-state index in [0.717, 1.165) is 24.8 Å². The predicted octanol–water partition coefficient (Wildman–Crippen LogP) is 3.08. The van der Waals surface area contributed by atoms with Crippen molar-refractivity contribution < 1.29 is 9.53 Å². The number of anilines is 2. The maximum atomic E-state index is 12.4. The molecule has 1 aliphatic rings. The van der Waals surface area contributed by atoms with Crippen LogP contribution in [0.5, 0.6) is 5.75 Å². The third-order valence-electron chi connectivity index (χ3n) is 3.50. The van der Waals surface area contributed by atoms with Crippen LogP contribution in [0.2, 0.25) is 0 Å². The smallest absolute Gasteiger partial charge is 0.258 e. The van der Waals surface area contributed by atoms with E-state index < -0.39 is 0 Å². The Morgan fingerprint density at radius 1 is 1.40 bits per heavy atom. The molecular weight excluding hydrogens is 272 g/mol. The number of fused-ring (bicyclic) bond motifs is 1. The van der Waals surface area contributed by atoms with E-state index in [0.29, 0.717) is 22.0 Å². The van der Waals surface area contributed by atoms with Gasteiger partial charge in [0.2, 0.25) is 0 Å². The van der Waals surface area contributed by atoms with E-state index in [4.69, 9.17) is 10.5 Å². The number of nitrogens with two attached hydrogens (primary N) is 1. The van der Waals surface area contributed by atoms with Crippen LogP contribution >= 0.6 is 11.3 Å². The molecular formula is C15H16N2O2S. The van der Waals surface area contributed by atoms with Gasteiger partial charge in [0.15, 0.2) is 0 Å². The number of nitrogen functional groups attached to an aromatic ring is 1. The predicted molar refractivity (Wildman–Crippen MR) is 81.7 cm³/mol. The number of rotatable bonds is 3. The molecule has 20 heavy (non-hydrogen) atoms. The Bertz CT molecular complexity index is 664. The Morgan fingerprint density at radius 2 is 2.25 bits per heavy atom. The van der Waals surface area contributed by atoms with Gasteiger partial charge in [0, 0.05) is 16.6 Å². The number of amides is 1. The van der Waals surface area contributed by atoms with Crippen molar-refractivity contribution in [2.45, 2.75) is 19.3 Å². The van der Waals surface area contributed by atoms with E-state index in [1.54, 1.807) is 24.5 Å². The van der Waals surface area contributed by atoms with Gasteiger partial charge in [0.1, 0.15) is 5.75 Å². The van der Waals surface area contributed by atoms with Crippen molar-refractivity contribution in [2.24, 2.45) is 0 Å². The zero-order valence-electron chi connectivity index (χ0n) is 11.2. The summed E-state index contributed by atoms with van der Waals surface area (Å²) in [6, 6.07) is 7.31. The second-order valence-corrected chi connectivity index (χ2v) is 5.92. The third-order valence-corrected chi connectivity index (χ3v) is 4.62. The lowest BCUT2D eigenvalue weighted by Gasteiger charge is -2.08. The monoisotopic (exact) mass is 288 g/mol. The van der Waals surface area contributed by atoms with Crippen molar-refractivity contribution in [3.05, 3.63) is 40.3 Å². The van der Waals surface area contributed by atoms with Gasteiger partial charge in [-0.3, -0.25) is 4.79 Å². The maximum absolute atomic E-state index is 12.4. The first-order valence-electron chi connectivity index (χ1n) is 6.54. The zero-order chi connectivity index (χ0) is 14.1. The summed E-state index contributed by atoms with van der Waals surface area (Å²) < 4.78 is 5.15. The van der Waals surface area contributed by atoms with Gasteiger partial charge in [-0.2, -0.15) is 0 Å². The molecule has 4 nitrogen and oxygen atoms in total. The molecule has 1 heterocycles. The summed E-state index contributed by atoms with van der Waals surface area (Å²) in [7, 11) is 1.60. The van der Waals surface area contributed by atoms with Gasteiger partial charge in [0.05, 0.1) is 17.7 Å². The molecule has 1 aliphatic carbocycles. The number of ether oxygens (including phenoxy) is 1. The number of hydrogen-bond acceptors (Lipinski definition) is 4. The molecule has 2 aromatic rings. The Kier molecular flexibility index (Phi) is 3.36. The number of hydrogen-bond donors (Lipinski definition) is 2. The van der Waals surface area contributed by atoms with Crippen molar-refractivity contribution in [3.8, 4) is 5.75 Å². The largest absolute Gasteiger partial charge is 0.497 e. The van der Waals surface area contributed by atoms with Crippen LogP contribution in [-0.2, 0) is 12.8 Å². The van der Waals surface area contributed by atoms with Crippen molar-refractivity contribution >= 4 is 27.9 Å². The molecule has 0 atom stereocenters. The summed E-state index contributed by atoms with van der Waals surface area (Å²) in [5.74, 6) is 0.585. The lowest BCUT2D eigenvalue weighted by atomic mass is 10.1. The fourth-order valence-electron chi connectivity index (χ4n) is 2.57. The molecule has 0 spiro atoms. The molecule has 0 fully saturated rings. The summed E-state index contributed by atoms with van der Waals surface area (Å²) in [6.07, 6.45) is 3.10. The highest BCUT2D eigenvalue weighted by Gasteiger charge is 2.25. The Balaban J connectivity index is 1.86. The Hall–Kier alpha value is -2.01. The minimum atomic E-state index is -0.129. The fourth-order valence-corrected chi connectivity index (χ4v) is 3.73. The van der Waals surface area contributed by atoms with E-state index in [2.05, 4.69) is 5.32 Å². The zero-order valence-corrected chi connectivity index (χ0v) is 12.0. The van der Waals surface area contributed by atoms with Crippen LogP contribution in [0, 0.1) is 0 Å². The van der Waals surface area contributed by atoms with E-state index in [-0.39, 0.29) is 5.91 Å². The lowest BCUT2D eigenvalue weighted by molar-refractivity contribution is 0.102. The van der Waals surface area contributed by atoms with E-state index in [9.17, 15) is 4.79 Å².